The SMILES string of the molecule is Cc1ccccc1OC(C)(C)C(=O)Nc1ccc(C(C)CC(=O)O)cc1. The largest absolute Gasteiger partial charge is 0.481 e. The molecular weight excluding hydrogens is 330 g/mol. The van der Waals surface area contributed by atoms with Crippen LogP contribution in [0.1, 0.15) is 44.2 Å². The number of hydrogen-bond donors (Lipinski definition) is 2. The Morgan fingerprint density at radius 2 is 1.73 bits per heavy atom. The average molecular weight is 355 g/mol. The third-order valence-corrected chi connectivity index (χ3v) is 4.22. The monoisotopic (exact) mass is 355 g/mol. The van der Waals surface area contributed by atoms with Gasteiger partial charge in [0.25, 0.3) is 5.91 Å². The van der Waals surface area contributed by atoms with Gasteiger partial charge in [0.1, 0.15) is 5.75 Å². The summed E-state index contributed by atoms with van der Waals surface area (Å²) in [5.74, 6) is -0.499. The van der Waals surface area contributed by atoms with Gasteiger partial charge >= 0.3 is 5.97 Å². The number of carboxylic acids is 1. The first kappa shape index (κ1) is 19.5. The lowest BCUT2D eigenvalue weighted by molar-refractivity contribution is -0.137. The van der Waals surface area contributed by atoms with Crippen LogP contribution in [-0.2, 0) is 9.59 Å². The minimum absolute atomic E-state index is 0.0724. The predicted molar refractivity (Wildman–Crippen MR) is 102 cm³/mol. The molecule has 0 bridgehead atoms. The lowest BCUT2D eigenvalue weighted by atomic mass is 9.97. The normalized spacial score (nSPS) is 12.3. The van der Waals surface area contributed by atoms with E-state index in [2.05, 4.69) is 5.32 Å². The quantitative estimate of drug-likeness (QED) is 0.773. The number of anilines is 1. The van der Waals surface area contributed by atoms with Crippen LogP contribution >= 0.6 is 0 Å². The number of amides is 1. The minimum Gasteiger partial charge on any atom is -0.481 e. The van der Waals surface area contributed by atoms with Gasteiger partial charge in [-0.3, -0.25) is 9.59 Å². The van der Waals surface area contributed by atoms with E-state index in [4.69, 9.17) is 9.84 Å². The summed E-state index contributed by atoms with van der Waals surface area (Å²) in [5.41, 5.74) is 1.48. The maximum absolute atomic E-state index is 12.6. The van der Waals surface area contributed by atoms with Crippen molar-refractivity contribution < 1.29 is 19.4 Å². The number of nitrogens with one attached hydrogen (secondary N) is 1. The van der Waals surface area contributed by atoms with E-state index in [1.807, 2.05) is 50.2 Å². The Morgan fingerprint density at radius 3 is 2.31 bits per heavy atom. The van der Waals surface area contributed by atoms with Crippen molar-refractivity contribution in [3.63, 3.8) is 0 Å². The van der Waals surface area contributed by atoms with Crippen LogP contribution < -0.4 is 10.1 Å². The molecule has 0 radical (unpaired) electrons. The molecule has 0 heterocycles. The van der Waals surface area contributed by atoms with Crippen molar-refractivity contribution in [3.05, 3.63) is 59.7 Å². The molecule has 1 amide bonds. The zero-order chi connectivity index (χ0) is 19.3. The molecule has 0 aliphatic heterocycles. The summed E-state index contributed by atoms with van der Waals surface area (Å²) in [6, 6.07) is 14.8. The lowest BCUT2D eigenvalue weighted by Gasteiger charge is -2.26. The Bertz CT molecular complexity index is 781. The van der Waals surface area contributed by atoms with E-state index in [0.717, 1.165) is 11.1 Å². The zero-order valence-corrected chi connectivity index (χ0v) is 15.6. The Balaban J connectivity index is 2.04. The molecule has 1 unspecified atom stereocenters. The van der Waals surface area contributed by atoms with Crippen LogP contribution in [0, 0.1) is 6.92 Å². The standard InChI is InChI=1S/C21H25NO4/c1-14-7-5-6-8-18(14)26-21(3,4)20(25)22-17-11-9-16(10-12-17)15(2)13-19(23)24/h5-12,15H,13H2,1-4H3,(H,22,25)(H,23,24). The Hall–Kier alpha value is -2.82. The highest BCUT2D eigenvalue weighted by atomic mass is 16.5. The summed E-state index contributed by atoms with van der Waals surface area (Å²) >= 11 is 0. The predicted octanol–water partition coefficient (Wildman–Crippen LogP) is 4.37. The smallest absolute Gasteiger partial charge is 0.303 e. The highest BCUT2D eigenvalue weighted by molar-refractivity contribution is 5.97. The van der Waals surface area contributed by atoms with E-state index in [1.165, 1.54) is 0 Å². The molecule has 0 saturated carbocycles. The van der Waals surface area contributed by atoms with Crippen molar-refractivity contribution >= 4 is 17.6 Å². The van der Waals surface area contributed by atoms with Gasteiger partial charge in [0, 0.05) is 5.69 Å². The molecule has 0 aliphatic carbocycles. The van der Waals surface area contributed by atoms with Gasteiger partial charge in [0.05, 0.1) is 6.42 Å². The average Bonchev–Trinajstić information content (AvgIpc) is 2.56. The first-order chi connectivity index (χ1) is 12.2. The number of carbonyl (C=O) groups is 2. The fourth-order valence-corrected chi connectivity index (χ4v) is 2.55. The second-order valence-electron chi connectivity index (χ2n) is 6.95. The fraction of sp³-hybridized carbons (Fsp3) is 0.333. The second kappa shape index (κ2) is 8.04. The van der Waals surface area contributed by atoms with Gasteiger partial charge < -0.3 is 15.2 Å². The number of rotatable bonds is 7. The molecule has 2 aromatic rings. The first-order valence-corrected chi connectivity index (χ1v) is 8.57. The number of aryl methyl sites for hydroxylation is 1. The third kappa shape index (κ3) is 5.09. The Labute approximate surface area is 154 Å². The molecule has 26 heavy (non-hydrogen) atoms. The highest BCUT2D eigenvalue weighted by Gasteiger charge is 2.30. The van der Waals surface area contributed by atoms with Gasteiger partial charge in [-0.05, 0) is 56.0 Å². The van der Waals surface area contributed by atoms with Gasteiger partial charge in [0.15, 0.2) is 5.60 Å². The summed E-state index contributed by atoms with van der Waals surface area (Å²) in [6.07, 6.45) is 0.0724. The van der Waals surface area contributed by atoms with Gasteiger partial charge in [-0.25, -0.2) is 0 Å². The summed E-state index contributed by atoms with van der Waals surface area (Å²) < 4.78 is 5.90. The number of carbonyl (C=O) groups excluding carboxylic acids is 1. The molecule has 0 spiro atoms. The zero-order valence-electron chi connectivity index (χ0n) is 15.6. The van der Waals surface area contributed by atoms with E-state index in [-0.39, 0.29) is 18.2 Å². The molecule has 0 aliphatic rings. The van der Waals surface area contributed by atoms with E-state index >= 15 is 0 Å². The van der Waals surface area contributed by atoms with Crippen LogP contribution in [-0.4, -0.2) is 22.6 Å². The minimum atomic E-state index is -1.04. The van der Waals surface area contributed by atoms with Crippen LogP contribution in [0.25, 0.3) is 0 Å². The van der Waals surface area contributed by atoms with E-state index < -0.39 is 11.6 Å². The molecule has 0 aromatic heterocycles. The number of ether oxygens (including phenoxy) is 1. The number of para-hydroxylation sites is 1. The van der Waals surface area contributed by atoms with Crippen LogP contribution in [0.5, 0.6) is 5.75 Å². The summed E-state index contributed by atoms with van der Waals surface area (Å²) in [6.45, 7) is 7.23. The molecule has 0 fully saturated rings. The van der Waals surface area contributed by atoms with Crippen molar-refractivity contribution in [2.75, 3.05) is 5.32 Å². The molecule has 5 nitrogen and oxygen atoms in total. The highest BCUT2D eigenvalue weighted by Crippen LogP contribution is 2.25. The van der Waals surface area contributed by atoms with E-state index in [9.17, 15) is 9.59 Å². The van der Waals surface area contributed by atoms with Crippen molar-refractivity contribution in [3.8, 4) is 5.75 Å². The molecule has 138 valence electrons. The van der Waals surface area contributed by atoms with Crippen molar-refractivity contribution in [2.45, 2.75) is 45.6 Å². The molecular formula is C21H25NO4. The van der Waals surface area contributed by atoms with E-state index in [0.29, 0.717) is 11.4 Å². The lowest BCUT2D eigenvalue weighted by Crippen LogP contribution is -2.42. The molecule has 1 atom stereocenters. The first-order valence-electron chi connectivity index (χ1n) is 8.57. The van der Waals surface area contributed by atoms with Gasteiger partial charge in [0.2, 0.25) is 0 Å². The number of aliphatic carboxylic acids is 1. The van der Waals surface area contributed by atoms with Crippen LogP contribution in [0.15, 0.2) is 48.5 Å². The number of carboxylic acid groups (broad SMARTS) is 1. The van der Waals surface area contributed by atoms with Gasteiger partial charge in [-0.1, -0.05) is 37.3 Å². The molecule has 2 aromatic carbocycles. The van der Waals surface area contributed by atoms with E-state index in [1.54, 1.807) is 26.0 Å². The topological polar surface area (TPSA) is 75.6 Å². The maximum Gasteiger partial charge on any atom is 0.303 e. The molecule has 2 N–H and O–H groups in total. The Kier molecular flexibility index (Phi) is 6.03. The third-order valence-electron chi connectivity index (χ3n) is 4.22. The second-order valence-corrected chi connectivity index (χ2v) is 6.95. The molecule has 0 saturated heterocycles. The van der Waals surface area contributed by atoms with Crippen LogP contribution in [0.2, 0.25) is 0 Å². The molecule has 2 rings (SSSR count). The van der Waals surface area contributed by atoms with Crippen molar-refractivity contribution in [1.82, 2.24) is 0 Å². The Morgan fingerprint density at radius 1 is 1.12 bits per heavy atom. The summed E-state index contributed by atoms with van der Waals surface area (Å²) in [7, 11) is 0. The fourth-order valence-electron chi connectivity index (χ4n) is 2.55. The number of benzene rings is 2. The van der Waals surface area contributed by atoms with Crippen LogP contribution in [0.3, 0.4) is 0 Å². The summed E-state index contributed by atoms with van der Waals surface area (Å²) in [5, 5.41) is 11.7. The van der Waals surface area contributed by atoms with Gasteiger partial charge in [-0.15, -0.1) is 0 Å². The molecule has 5 heteroatoms. The van der Waals surface area contributed by atoms with Crippen molar-refractivity contribution in [1.29, 1.82) is 0 Å². The maximum atomic E-state index is 12.6. The van der Waals surface area contributed by atoms with Gasteiger partial charge in [-0.2, -0.15) is 0 Å². The van der Waals surface area contributed by atoms with Crippen molar-refractivity contribution in [2.24, 2.45) is 0 Å². The summed E-state index contributed by atoms with van der Waals surface area (Å²) in [4.78, 5) is 23.4. The van der Waals surface area contributed by atoms with Crippen LogP contribution in [0.4, 0.5) is 5.69 Å². The number of hydrogen-bond acceptors (Lipinski definition) is 3.